The van der Waals surface area contributed by atoms with Gasteiger partial charge in [-0.15, -0.1) is 0 Å². The van der Waals surface area contributed by atoms with Crippen molar-refractivity contribution >= 4 is 0 Å². The van der Waals surface area contributed by atoms with E-state index in [1.165, 1.54) is 77.0 Å². The van der Waals surface area contributed by atoms with Gasteiger partial charge in [0.2, 0.25) is 0 Å². The number of aliphatic hydroxyl groups excluding tert-OH is 1. The van der Waals surface area contributed by atoms with E-state index in [1.54, 1.807) is 18.2 Å². The molecule has 0 radical (unpaired) electrons. The molecule has 0 aliphatic rings. The van der Waals surface area contributed by atoms with Crippen molar-refractivity contribution in [1.82, 2.24) is 0 Å². The van der Waals surface area contributed by atoms with E-state index < -0.39 is 6.10 Å². The highest BCUT2D eigenvalue weighted by Gasteiger charge is 2.07. The van der Waals surface area contributed by atoms with E-state index in [0.29, 0.717) is 0 Å². The lowest BCUT2D eigenvalue weighted by Gasteiger charge is -2.11. The SMILES string of the molecule is CCCCCC/C=C\CCCCCCCCCC(O)c1cccc(O)c1. The molecular weight excluding hydrogens is 320 g/mol. The molecule has 0 saturated carbocycles. The minimum Gasteiger partial charge on any atom is -0.508 e. The minimum absolute atomic E-state index is 0.230. The molecule has 0 heterocycles. The molecule has 0 amide bonds. The highest BCUT2D eigenvalue weighted by atomic mass is 16.3. The molecule has 1 unspecified atom stereocenters. The van der Waals surface area contributed by atoms with Gasteiger partial charge >= 0.3 is 0 Å². The largest absolute Gasteiger partial charge is 0.508 e. The molecule has 0 aliphatic carbocycles. The Kier molecular flexibility index (Phi) is 13.9. The van der Waals surface area contributed by atoms with Crippen molar-refractivity contribution in [2.24, 2.45) is 0 Å². The lowest BCUT2D eigenvalue weighted by atomic mass is 10.0. The van der Waals surface area contributed by atoms with Gasteiger partial charge < -0.3 is 10.2 Å². The summed E-state index contributed by atoms with van der Waals surface area (Å²) in [6, 6.07) is 6.96. The third-order valence-corrected chi connectivity index (χ3v) is 4.99. The summed E-state index contributed by atoms with van der Waals surface area (Å²) in [5.74, 6) is 0.230. The minimum atomic E-state index is -0.448. The Hall–Kier alpha value is -1.28. The molecule has 1 aromatic rings. The second-order valence-electron chi connectivity index (χ2n) is 7.48. The fourth-order valence-corrected chi connectivity index (χ4v) is 3.31. The van der Waals surface area contributed by atoms with Gasteiger partial charge in [0.05, 0.1) is 6.10 Å². The van der Waals surface area contributed by atoms with Crippen molar-refractivity contribution in [3.05, 3.63) is 42.0 Å². The normalized spacial score (nSPS) is 12.7. The van der Waals surface area contributed by atoms with Crippen molar-refractivity contribution < 1.29 is 10.2 Å². The van der Waals surface area contributed by atoms with E-state index in [-0.39, 0.29) is 5.75 Å². The van der Waals surface area contributed by atoms with E-state index >= 15 is 0 Å². The number of unbranched alkanes of at least 4 members (excludes halogenated alkanes) is 11. The summed E-state index contributed by atoms with van der Waals surface area (Å²) >= 11 is 0. The fraction of sp³-hybridized carbons (Fsp3) is 0.667. The molecule has 0 aromatic heterocycles. The summed E-state index contributed by atoms with van der Waals surface area (Å²) in [4.78, 5) is 0. The number of rotatable bonds is 16. The molecule has 2 heteroatoms. The number of allylic oxidation sites excluding steroid dienone is 2. The Bertz CT molecular complexity index is 467. The lowest BCUT2D eigenvalue weighted by molar-refractivity contribution is 0.163. The average molecular weight is 361 g/mol. The third-order valence-electron chi connectivity index (χ3n) is 4.99. The summed E-state index contributed by atoms with van der Waals surface area (Å²) in [6.45, 7) is 2.26. The number of phenolic OH excluding ortho intramolecular Hbond substituents is 1. The van der Waals surface area contributed by atoms with Crippen LogP contribution in [0.3, 0.4) is 0 Å². The van der Waals surface area contributed by atoms with Gasteiger partial charge in [-0.25, -0.2) is 0 Å². The molecule has 2 N–H and O–H groups in total. The molecule has 0 spiro atoms. The summed E-state index contributed by atoms with van der Waals surface area (Å²) in [5.41, 5.74) is 0.823. The molecule has 1 rings (SSSR count). The van der Waals surface area contributed by atoms with Crippen LogP contribution in [0.15, 0.2) is 36.4 Å². The third kappa shape index (κ3) is 12.1. The van der Waals surface area contributed by atoms with Gasteiger partial charge in [-0.2, -0.15) is 0 Å². The molecule has 1 aromatic carbocycles. The van der Waals surface area contributed by atoms with Gasteiger partial charge in [-0.3, -0.25) is 0 Å². The van der Waals surface area contributed by atoms with Crippen LogP contribution in [0.5, 0.6) is 5.75 Å². The molecule has 2 nitrogen and oxygen atoms in total. The molecule has 26 heavy (non-hydrogen) atoms. The van der Waals surface area contributed by atoms with E-state index in [0.717, 1.165) is 18.4 Å². The second kappa shape index (κ2) is 15.9. The predicted octanol–water partition coefficient (Wildman–Crippen LogP) is 7.46. The van der Waals surface area contributed by atoms with Crippen molar-refractivity contribution in [3.63, 3.8) is 0 Å². The first-order valence-corrected chi connectivity index (χ1v) is 10.9. The molecule has 1 atom stereocenters. The van der Waals surface area contributed by atoms with Crippen LogP contribution in [-0.2, 0) is 0 Å². The number of aromatic hydroxyl groups is 1. The van der Waals surface area contributed by atoms with Crippen molar-refractivity contribution in [3.8, 4) is 5.75 Å². The summed E-state index contributed by atoms with van der Waals surface area (Å²) in [7, 11) is 0. The number of aliphatic hydroxyl groups is 1. The zero-order valence-corrected chi connectivity index (χ0v) is 16.8. The molecule has 0 fully saturated rings. The van der Waals surface area contributed by atoms with E-state index in [4.69, 9.17) is 0 Å². The van der Waals surface area contributed by atoms with Crippen LogP contribution in [0.1, 0.15) is 108 Å². The first-order chi connectivity index (χ1) is 12.7. The molecule has 148 valence electrons. The Morgan fingerprint density at radius 3 is 2.00 bits per heavy atom. The van der Waals surface area contributed by atoms with E-state index in [1.807, 2.05) is 6.07 Å². The number of hydrogen-bond donors (Lipinski definition) is 2. The monoisotopic (exact) mass is 360 g/mol. The molecule has 0 saturated heterocycles. The van der Waals surface area contributed by atoms with Crippen molar-refractivity contribution in [2.45, 2.75) is 103 Å². The van der Waals surface area contributed by atoms with Crippen LogP contribution < -0.4 is 0 Å². The summed E-state index contributed by atoms with van der Waals surface area (Å²) in [6.07, 6.45) is 21.8. The predicted molar refractivity (Wildman–Crippen MR) is 113 cm³/mol. The van der Waals surface area contributed by atoms with Crippen molar-refractivity contribution in [2.75, 3.05) is 0 Å². The Balaban J connectivity index is 1.87. The zero-order chi connectivity index (χ0) is 18.9. The Morgan fingerprint density at radius 1 is 0.808 bits per heavy atom. The number of hydrogen-bond acceptors (Lipinski definition) is 2. The average Bonchev–Trinajstić information content (AvgIpc) is 2.64. The maximum absolute atomic E-state index is 10.1. The zero-order valence-electron chi connectivity index (χ0n) is 16.8. The van der Waals surface area contributed by atoms with E-state index in [9.17, 15) is 10.2 Å². The van der Waals surface area contributed by atoms with Gasteiger partial charge in [0, 0.05) is 0 Å². The molecule has 0 bridgehead atoms. The Morgan fingerprint density at radius 2 is 1.38 bits per heavy atom. The van der Waals surface area contributed by atoms with Crippen LogP contribution in [0.4, 0.5) is 0 Å². The highest BCUT2D eigenvalue weighted by molar-refractivity contribution is 5.28. The quantitative estimate of drug-likeness (QED) is 0.237. The Labute approximate surface area is 161 Å². The fourth-order valence-electron chi connectivity index (χ4n) is 3.31. The standard InChI is InChI=1S/C24H40O2/c1-2-3-4-5-6-7-8-9-10-11-12-13-14-15-16-20-24(26)22-18-17-19-23(25)21-22/h7-8,17-19,21,24-26H,2-6,9-16,20H2,1H3/b8-7-. The van der Waals surface area contributed by atoms with Crippen LogP contribution >= 0.6 is 0 Å². The van der Waals surface area contributed by atoms with Crippen LogP contribution in [0, 0.1) is 0 Å². The van der Waals surface area contributed by atoms with E-state index in [2.05, 4.69) is 19.1 Å². The van der Waals surface area contributed by atoms with Gasteiger partial charge in [0.25, 0.3) is 0 Å². The smallest absolute Gasteiger partial charge is 0.115 e. The van der Waals surface area contributed by atoms with Crippen molar-refractivity contribution in [1.29, 1.82) is 0 Å². The van der Waals surface area contributed by atoms with Crippen LogP contribution in [0.25, 0.3) is 0 Å². The van der Waals surface area contributed by atoms with Gasteiger partial charge in [0.1, 0.15) is 5.75 Å². The summed E-state index contributed by atoms with van der Waals surface area (Å²) < 4.78 is 0. The maximum Gasteiger partial charge on any atom is 0.115 e. The number of phenols is 1. The molecular formula is C24H40O2. The first kappa shape index (κ1) is 22.8. The van der Waals surface area contributed by atoms with Crippen LogP contribution in [0.2, 0.25) is 0 Å². The van der Waals surface area contributed by atoms with Gasteiger partial charge in [-0.05, 0) is 49.8 Å². The highest BCUT2D eigenvalue weighted by Crippen LogP contribution is 2.23. The van der Waals surface area contributed by atoms with Gasteiger partial charge in [-0.1, -0.05) is 89.0 Å². The maximum atomic E-state index is 10.1. The number of benzene rings is 1. The molecule has 0 aliphatic heterocycles. The lowest BCUT2D eigenvalue weighted by Crippen LogP contribution is -1.97. The van der Waals surface area contributed by atoms with Crippen LogP contribution in [-0.4, -0.2) is 10.2 Å². The van der Waals surface area contributed by atoms with Gasteiger partial charge in [0.15, 0.2) is 0 Å². The summed E-state index contributed by atoms with van der Waals surface area (Å²) in [5, 5.41) is 19.6. The topological polar surface area (TPSA) is 40.5 Å². The first-order valence-electron chi connectivity index (χ1n) is 10.9. The second-order valence-corrected chi connectivity index (χ2v) is 7.48.